The highest BCUT2D eigenvalue weighted by atomic mass is 35.5. The Balaban J connectivity index is 2.07. The first-order valence-corrected chi connectivity index (χ1v) is 5.71. The summed E-state index contributed by atoms with van der Waals surface area (Å²) in [7, 11) is 0. The molecule has 3 heteroatoms. The lowest BCUT2D eigenvalue weighted by molar-refractivity contribution is 0.476. The molecule has 0 bridgehead atoms. The minimum absolute atomic E-state index is 0.149. The summed E-state index contributed by atoms with van der Waals surface area (Å²) in [4.78, 5) is 4.32. The Morgan fingerprint density at radius 2 is 2.06 bits per heavy atom. The van der Waals surface area contributed by atoms with Gasteiger partial charge in [0.1, 0.15) is 11.5 Å². The van der Waals surface area contributed by atoms with Crippen LogP contribution in [0.4, 0.5) is 0 Å². The van der Waals surface area contributed by atoms with Gasteiger partial charge in [0.05, 0.1) is 5.38 Å². The number of aryl methyl sites for hydroxylation is 2. The molecule has 0 amide bonds. The summed E-state index contributed by atoms with van der Waals surface area (Å²) < 4.78 is 5.48. The molecule has 0 saturated heterocycles. The molecule has 0 aliphatic heterocycles. The minimum Gasteiger partial charge on any atom is -0.465 e. The molecule has 0 aliphatic rings. The van der Waals surface area contributed by atoms with Crippen LogP contribution in [-0.2, 0) is 6.42 Å². The molecule has 0 N–H and O–H groups in total. The third kappa shape index (κ3) is 2.64. The van der Waals surface area contributed by atoms with E-state index >= 15 is 0 Å². The van der Waals surface area contributed by atoms with Crippen LogP contribution in [0.15, 0.2) is 34.9 Å². The van der Waals surface area contributed by atoms with Crippen molar-refractivity contribution in [3.63, 3.8) is 0 Å². The SMILES string of the molecule is Cc1ccc(CC(Cl)c2ccc(C)o2)nc1. The van der Waals surface area contributed by atoms with Crippen molar-refractivity contribution in [2.75, 3.05) is 0 Å². The van der Waals surface area contributed by atoms with E-state index in [2.05, 4.69) is 4.98 Å². The normalized spacial score (nSPS) is 12.7. The zero-order valence-corrected chi connectivity index (χ0v) is 10.2. The van der Waals surface area contributed by atoms with Gasteiger partial charge < -0.3 is 4.42 Å². The van der Waals surface area contributed by atoms with Gasteiger partial charge in [-0.15, -0.1) is 11.6 Å². The second kappa shape index (κ2) is 4.71. The third-order valence-electron chi connectivity index (χ3n) is 2.43. The van der Waals surface area contributed by atoms with Crippen LogP contribution < -0.4 is 0 Å². The molecular weight excluding hydrogens is 222 g/mol. The van der Waals surface area contributed by atoms with Gasteiger partial charge in [-0.05, 0) is 37.6 Å². The summed E-state index contributed by atoms with van der Waals surface area (Å²) >= 11 is 6.26. The standard InChI is InChI=1S/C13H14ClNO/c1-9-3-5-11(15-8-9)7-12(14)13-6-4-10(2)16-13/h3-6,8,12H,7H2,1-2H3. The van der Waals surface area contributed by atoms with Crippen LogP contribution in [-0.4, -0.2) is 4.98 Å². The summed E-state index contributed by atoms with van der Waals surface area (Å²) in [6.45, 7) is 3.93. The molecule has 0 spiro atoms. The number of nitrogens with zero attached hydrogens (tertiary/aromatic N) is 1. The van der Waals surface area contributed by atoms with Crippen LogP contribution in [0.25, 0.3) is 0 Å². The van der Waals surface area contributed by atoms with E-state index in [1.165, 1.54) is 0 Å². The first kappa shape index (κ1) is 11.2. The number of hydrogen-bond donors (Lipinski definition) is 0. The maximum atomic E-state index is 6.26. The second-order valence-electron chi connectivity index (χ2n) is 3.95. The highest BCUT2D eigenvalue weighted by Gasteiger charge is 2.13. The van der Waals surface area contributed by atoms with Gasteiger partial charge in [0.25, 0.3) is 0 Å². The highest BCUT2D eigenvalue weighted by Crippen LogP contribution is 2.25. The summed E-state index contributed by atoms with van der Waals surface area (Å²) in [5.41, 5.74) is 2.14. The monoisotopic (exact) mass is 235 g/mol. The van der Waals surface area contributed by atoms with Crippen molar-refractivity contribution in [1.29, 1.82) is 0 Å². The van der Waals surface area contributed by atoms with Crippen molar-refractivity contribution in [1.82, 2.24) is 4.98 Å². The molecule has 1 atom stereocenters. The highest BCUT2D eigenvalue weighted by molar-refractivity contribution is 6.20. The molecular formula is C13H14ClNO. The van der Waals surface area contributed by atoms with Crippen molar-refractivity contribution in [3.8, 4) is 0 Å². The minimum atomic E-state index is -0.149. The summed E-state index contributed by atoms with van der Waals surface area (Å²) in [5, 5.41) is -0.149. The number of alkyl halides is 1. The van der Waals surface area contributed by atoms with Gasteiger partial charge in [0.15, 0.2) is 0 Å². The Morgan fingerprint density at radius 1 is 1.25 bits per heavy atom. The van der Waals surface area contributed by atoms with Crippen LogP contribution in [0.5, 0.6) is 0 Å². The van der Waals surface area contributed by atoms with Crippen molar-refractivity contribution in [3.05, 3.63) is 53.2 Å². The second-order valence-corrected chi connectivity index (χ2v) is 4.47. The summed E-state index contributed by atoms with van der Waals surface area (Å²) in [5.74, 6) is 1.69. The Hall–Kier alpha value is -1.28. The average Bonchev–Trinajstić information content (AvgIpc) is 2.68. The quantitative estimate of drug-likeness (QED) is 0.756. The van der Waals surface area contributed by atoms with E-state index < -0.39 is 0 Å². The molecule has 2 aromatic rings. The molecule has 0 saturated carbocycles. The lowest BCUT2D eigenvalue weighted by Crippen LogP contribution is -1.97. The van der Waals surface area contributed by atoms with Gasteiger partial charge in [0, 0.05) is 18.3 Å². The van der Waals surface area contributed by atoms with Crippen LogP contribution in [0.3, 0.4) is 0 Å². The van der Waals surface area contributed by atoms with Gasteiger partial charge in [-0.2, -0.15) is 0 Å². The van der Waals surface area contributed by atoms with Crippen molar-refractivity contribution in [2.45, 2.75) is 25.6 Å². The first-order valence-electron chi connectivity index (χ1n) is 5.27. The predicted octanol–water partition coefficient (Wildman–Crippen LogP) is 3.81. The largest absolute Gasteiger partial charge is 0.465 e. The van der Waals surface area contributed by atoms with Gasteiger partial charge in [-0.1, -0.05) is 6.07 Å². The van der Waals surface area contributed by atoms with E-state index in [0.29, 0.717) is 6.42 Å². The molecule has 2 aromatic heterocycles. The zero-order valence-electron chi connectivity index (χ0n) is 9.40. The summed E-state index contributed by atoms with van der Waals surface area (Å²) in [6.07, 6.45) is 2.54. The lowest BCUT2D eigenvalue weighted by atomic mass is 10.1. The predicted molar refractivity (Wildman–Crippen MR) is 64.7 cm³/mol. The molecule has 84 valence electrons. The zero-order chi connectivity index (χ0) is 11.5. The number of rotatable bonds is 3. The third-order valence-corrected chi connectivity index (χ3v) is 2.80. The molecule has 1 unspecified atom stereocenters. The fourth-order valence-corrected chi connectivity index (χ4v) is 1.80. The van der Waals surface area contributed by atoms with Crippen LogP contribution in [0, 0.1) is 13.8 Å². The van der Waals surface area contributed by atoms with E-state index in [4.69, 9.17) is 16.0 Å². The topological polar surface area (TPSA) is 26.0 Å². The smallest absolute Gasteiger partial charge is 0.122 e. The number of hydrogen-bond acceptors (Lipinski definition) is 2. The maximum absolute atomic E-state index is 6.26. The Bertz CT molecular complexity index is 461. The molecule has 2 rings (SSSR count). The Kier molecular flexibility index (Phi) is 3.30. The molecule has 2 nitrogen and oxygen atoms in total. The van der Waals surface area contributed by atoms with E-state index in [1.54, 1.807) is 0 Å². The van der Waals surface area contributed by atoms with Gasteiger partial charge in [-0.3, -0.25) is 4.98 Å². The molecule has 0 aromatic carbocycles. The first-order chi connectivity index (χ1) is 7.65. The van der Waals surface area contributed by atoms with E-state index in [-0.39, 0.29) is 5.38 Å². The fourth-order valence-electron chi connectivity index (χ4n) is 1.53. The Morgan fingerprint density at radius 3 is 2.62 bits per heavy atom. The summed E-state index contributed by atoms with van der Waals surface area (Å²) in [6, 6.07) is 7.88. The van der Waals surface area contributed by atoms with Gasteiger partial charge in [-0.25, -0.2) is 0 Å². The number of pyridine rings is 1. The Labute approximate surface area is 100 Å². The maximum Gasteiger partial charge on any atom is 0.122 e. The lowest BCUT2D eigenvalue weighted by Gasteiger charge is -2.06. The van der Waals surface area contributed by atoms with Crippen molar-refractivity contribution >= 4 is 11.6 Å². The number of furan rings is 1. The van der Waals surface area contributed by atoms with Crippen molar-refractivity contribution in [2.24, 2.45) is 0 Å². The molecule has 0 fully saturated rings. The van der Waals surface area contributed by atoms with Crippen LogP contribution in [0.2, 0.25) is 0 Å². The van der Waals surface area contributed by atoms with Crippen molar-refractivity contribution < 1.29 is 4.42 Å². The van der Waals surface area contributed by atoms with E-state index in [9.17, 15) is 0 Å². The average molecular weight is 236 g/mol. The molecule has 0 aliphatic carbocycles. The van der Waals surface area contributed by atoms with Gasteiger partial charge >= 0.3 is 0 Å². The van der Waals surface area contributed by atoms with E-state index in [1.807, 2.05) is 44.3 Å². The molecule has 2 heterocycles. The fraction of sp³-hybridized carbons (Fsp3) is 0.308. The van der Waals surface area contributed by atoms with Crippen LogP contribution >= 0.6 is 11.6 Å². The van der Waals surface area contributed by atoms with Crippen LogP contribution in [0.1, 0.15) is 28.2 Å². The molecule has 16 heavy (non-hydrogen) atoms. The number of aromatic nitrogens is 1. The van der Waals surface area contributed by atoms with E-state index in [0.717, 1.165) is 22.8 Å². The van der Waals surface area contributed by atoms with Gasteiger partial charge in [0.2, 0.25) is 0 Å². The molecule has 0 radical (unpaired) electrons. The number of halogens is 1.